The van der Waals surface area contributed by atoms with Crippen LogP contribution in [0.2, 0.25) is 0 Å². The topological polar surface area (TPSA) is 123 Å². The van der Waals surface area contributed by atoms with Crippen molar-refractivity contribution in [2.24, 2.45) is 11.8 Å². The number of nitrogens with one attached hydrogen (secondary N) is 4. The second-order valence-electron chi connectivity index (χ2n) is 26.8. The van der Waals surface area contributed by atoms with E-state index in [-0.39, 0.29) is 29.7 Å². The average molecular weight is 1130 g/mol. The Balaban J connectivity index is 0.000000468. The van der Waals surface area contributed by atoms with E-state index in [1.807, 2.05) is 34.7 Å². The lowest BCUT2D eigenvalue weighted by molar-refractivity contribution is -0.125. The highest BCUT2D eigenvalue weighted by Crippen LogP contribution is 2.23. The molecule has 4 saturated heterocycles. The molecule has 0 spiro atoms. The summed E-state index contributed by atoms with van der Waals surface area (Å²) in [6.07, 6.45) is 31.8. The highest BCUT2D eigenvalue weighted by Gasteiger charge is 2.24. The first-order valence-electron chi connectivity index (χ1n) is 33.0. The molecular weight excluding hydrogens is 997 g/mol. The number of piperidine rings is 4. The number of likely N-dealkylation sites (tertiary alicyclic amines) is 4. The maximum absolute atomic E-state index is 11.4. The Kier molecular flexibility index (Phi) is 41.9. The number of hydrogen-bond donors (Lipinski definition) is 4. The van der Waals surface area contributed by atoms with Crippen molar-refractivity contribution in [3.8, 4) is 0 Å². The van der Waals surface area contributed by atoms with Crippen molar-refractivity contribution < 1.29 is 23.8 Å². The summed E-state index contributed by atoms with van der Waals surface area (Å²) >= 11 is 0. The third kappa shape index (κ3) is 39.3. The number of carbonyl (C=O) groups is 2. The van der Waals surface area contributed by atoms with Gasteiger partial charge in [0.25, 0.3) is 0 Å². The van der Waals surface area contributed by atoms with Crippen LogP contribution in [-0.4, -0.2) is 172 Å². The zero-order valence-electron chi connectivity index (χ0n) is 55.8. The minimum Gasteiger partial charge on any atom is -0.378 e. The number of ether oxygens (including phenoxy) is 3. The smallest absolute Gasteiger partial charge is 0.222 e. The summed E-state index contributed by atoms with van der Waals surface area (Å²) in [6, 6.07) is 3.66. The lowest BCUT2D eigenvalue weighted by Gasteiger charge is -2.33. The van der Waals surface area contributed by atoms with Gasteiger partial charge in [0.1, 0.15) is 0 Å². The number of nitrogens with zero attached hydrogens (tertiary/aromatic N) is 4. The van der Waals surface area contributed by atoms with Crippen LogP contribution in [0.4, 0.5) is 0 Å². The van der Waals surface area contributed by atoms with Crippen molar-refractivity contribution in [2.45, 2.75) is 317 Å². The first-order valence-corrected chi connectivity index (χ1v) is 33.0. The normalized spacial score (nSPS) is 22.5. The van der Waals surface area contributed by atoms with Crippen molar-refractivity contribution in [3.05, 3.63) is 24.6 Å². The predicted octanol–water partition coefficient (Wildman–Crippen LogP) is 13.1. The van der Waals surface area contributed by atoms with Crippen LogP contribution in [0.15, 0.2) is 24.6 Å². The van der Waals surface area contributed by atoms with Gasteiger partial charge in [-0.15, -0.1) is 0 Å². The summed E-state index contributed by atoms with van der Waals surface area (Å²) < 4.78 is 17.1. The molecule has 80 heavy (non-hydrogen) atoms. The van der Waals surface area contributed by atoms with Crippen LogP contribution in [0.3, 0.4) is 0 Å². The molecule has 7 rings (SSSR count). The molecular formula is C67H134N8O5. The molecule has 3 saturated carbocycles. The average Bonchev–Trinajstić information content (AvgIpc) is 3.39. The third-order valence-corrected chi connectivity index (χ3v) is 16.0. The minimum absolute atomic E-state index is 0.0721. The maximum Gasteiger partial charge on any atom is 0.222 e. The Hall–Kier alpha value is -2.26. The van der Waals surface area contributed by atoms with Crippen LogP contribution in [0.1, 0.15) is 245 Å². The quantitative estimate of drug-likeness (QED) is 0.133. The van der Waals surface area contributed by atoms with Crippen LogP contribution in [0, 0.1) is 11.8 Å². The van der Waals surface area contributed by atoms with E-state index in [9.17, 15) is 9.59 Å². The first kappa shape index (κ1) is 75.8. The summed E-state index contributed by atoms with van der Waals surface area (Å²) in [5.74, 6) is 0.559. The number of amides is 2. The van der Waals surface area contributed by atoms with Gasteiger partial charge in [-0.2, -0.15) is 0 Å². The summed E-state index contributed by atoms with van der Waals surface area (Å²) in [6.45, 7) is 44.2. The largest absolute Gasteiger partial charge is 0.378 e. The van der Waals surface area contributed by atoms with Crippen LogP contribution < -0.4 is 21.3 Å². The van der Waals surface area contributed by atoms with Crippen molar-refractivity contribution in [1.82, 2.24) is 40.9 Å². The van der Waals surface area contributed by atoms with E-state index in [4.69, 9.17) is 14.2 Å². The molecule has 2 amide bonds. The second-order valence-corrected chi connectivity index (χ2v) is 26.8. The lowest BCUT2D eigenvalue weighted by Crippen LogP contribution is -2.43. The van der Waals surface area contributed by atoms with E-state index >= 15 is 0 Å². The Morgan fingerprint density at radius 1 is 0.388 bits per heavy atom. The van der Waals surface area contributed by atoms with Gasteiger partial charge in [0.15, 0.2) is 0 Å². The predicted molar refractivity (Wildman–Crippen MR) is 342 cm³/mol. The van der Waals surface area contributed by atoms with Gasteiger partial charge < -0.3 is 55.1 Å². The Labute approximate surface area is 495 Å². The van der Waals surface area contributed by atoms with Gasteiger partial charge in [0.2, 0.25) is 11.8 Å². The molecule has 7 aliphatic rings. The molecule has 7 fully saturated rings. The highest BCUT2D eigenvalue weighted by molar-refractivity contribution is 5.78. The zero-order valence-corrected chi connectivity index (χ0v) is 55.8. The van der Waals surface area contributed by atoms with Crippen molar-refractivity contribution in [3.63, 3.8) is 0 Å². The Morgan fingerprint density at radius 3 is 1.09 bits per heavy atom. The zero-order chi connectivity index (χ0) is 60.2. The number of carbonyl (C=O) groups excluding carboxylic acids is 2. The van der Waals surface area contributed by atoms with E-state index in [2.05, 4.69) is 144 Å². The van der Waals surface area contributed by atoms with Gasteiger partial charge in [-0.1, -0.05) is 126 Å². The standard InChI is InChI=1S/C11H20N2O.2C10H19NO.C9H20N2.C9H19NO.C9H19N.C9H18O/c1-8(2)11(14)12-10-5-6-13(4)9(3)7-10;1-8(2)12-10-5-6-11(4)9(3)7-10;1-8(2)10(12)11-9-6-4-3-5-7-9;1-8(2)10-9-4-6-11(3)7-5-9;1-8(2)11-9-4-6-10(3)7-5-9;2*1-8(2)10-9-6-4-3-5-7-9/h8,10H,3,5-7H2,1-2,4H3,(H,12,14);8,10H,3,5-7H2,1-2,4H3;8-9H,3-7H2,1-2H3,(H,11,12);8-10H,4-7H2,1-3H3;8-9H,4-7H2,1-3H3;8-10H,3-7H2,1-2H3;8-9H,3-7H2,1-2H3. The first-order chi connectivity index (χ1) is 37.7. The van der Waals surface area contributed by atoms with E-state index in [1.54, 1.807) is 0 Å². The molecule has 0 aromatic carbocycles. The minimum atomic E-state index is 0.0721. The molecule has 4 heterocycles. The Morgan fingerprint density at radius 2 is 0.700 bits per heavy atom. The van der Waals surface area contributed by atoms with Gasteiger partial charge in [-0.3, -0.25) is 9.59 Å². The molecule has 0 aromatic heterocycles. The van der Waals surface area contributed by atoms with Gasteiger partial charge in [-0.25, -0.2) is 0 Å². The fourth-order valence-corrected chi connectivity index (χ4v) is 11.2. The summed E-state index contributed by atoms with van der Waals surface area (Å²) in [5.41, 5.74) is 2.32. The molecule has 13 nitrogen and oxygen atoms in total. The van der Waals surface area contributed by atoms with Crippen LogP contribution in [0.25, 0.3) is 0 Å². The van der Waals surface area contributed by atoms with Crippen LogP contribution >= 0.6 is 0 Å². The van der Waals surface area contributed by atoms with E-state index in [0.29, 0.717) is 54.7 Å². The fraction of sp³-hybridized carbons (Fsp3) is 0.910. The molecule has 0 radical (unpaired) electrons. The summed E-state index contributed by atoms with van der Waals surface area (Å²) in [4.78, 5) is 31.9. The molecule has 3 aliphatic carbocycles. The highest BCUT2D eigenvalue weighted by atomic mass is 16.5. The van der Waals surface area contributed by atoms with Gasteiger partial charge in [0.05, 0.1) is 36.6 Å². The Bertz CT molecular complexity index is 1510. The molecule has 0 aromatic rings. The van der Waals surface area contributed by atoms with Gasteiger partial charge in [0, 0.05) is 113 Å². The molecule has 4 aliphatic heterocycles. The van der Waals surface area contributed by atoms with Gasteiger partial charge in [-0.05, 0) is 146 Å². The lowest BCUT2D eigenvalue weighted by atomic mass is 9.95. The van der Waals surface area contributed by atoms with E-state index < -0.39 is 0 Å². The molecule has 4 N–H and O–H groups in total. The molecule has 2 unspecified atom stereocenters. The summed E-state index contributed by atoms with van der Waals surface area (Å²) in [5, 5.41) is 13.3. The van der Waals surface area contributed by atoms with Crippen LogP contribution in [-0.2, 0) is 23.8 Å². The monoisotopic (exact) mass is 1130 g/mol. The fourth-order valence-electron chi connectivity index (χ4n) is 11.2. The molecule has 0 bridgehead atoms. The molecule has 2 atom stereocenters. The van der Waals surface area contributed by atoms with Gasteiger partial charge >= 0.3 is 0 Å². The molecule has 13 heteroatoms. The van der Waals surface area contributed by atoms with Crippen LogP contribution in [0.5, 0.6) is 0 Å². The van der Waals surface area contributed by atoms with Crippen molar-refractivity contribution in [1.29, 1.82) is 0 Å². The van der Waals surface area contributed by atoms with E-state index in [0.717, 1.165) is 56.6 Å². The third-order valence-electron chi connectivity index (χ3n) is 16.0. The number of rotatable bonds is 14. The summed E-state index contributed by atoms with van der Waals surface area (Å²) in [7, 11) is 8.51. The second kappa shape index (κ2) is 44.3. The maximum atomic E-state index is 11.4. The van der Waals surface area contributed by atoms with Crippen molar-refractivity contribution in [2.75, 3.05) is 67.5 Å². The van der Waals surface area contributed by atoms with E-state index in [1.165, 1.54) is 154 Å². The van der Waals surface area contributed by atoms with Crippen molar-refractivity contribution >= 4 is 11.8 Å². The SMILES string of the molecule is C=C1CC(NC(=O)C(C)C)CCN1C.C=C1CC(OC(C)C)CCN1C.CC(C)C(=O)NC1CCCCC1.CC(C)NC1CCCCC1.CC(C)NC1CCN(C)CC1.CC(C)OC1CCCCC1.CC(C)OC1CCN(C)CC1. The number of hydrogen-bond acceptors (Lipinski definition) is 11. The molecule has 472 valence electrons.